The van der Waals surface area contributed by atoms with Gasteiger partial charge in [0.1, 0.15) is 12.1 Å². The number of carboxylic acids is 1. The van der Waals surface area contributed by atoms with Gasteiger partial charge < -0.3 is 27.2 Å². The lowest BCUT2D eigenvalue weighted by Gasteiger charge is -2.24. The van der Waals surface area contributed by atoms with Crippen LogP contribution < -0.4 is 22.1 Å². The third-order valence-corrected chi connectivity index (χ3v) is 7.42. The quantitative estimate of drug-likeness (QED) is 0.235. The molecule has 10 nitrogen and oxygen atoms in total. The Balaban J connectivity index is 1.49. The van der Waals surface area contributed by atoms with E-state index in [1.54, 1.807) is 0 Å². The van der Waals surface area contributed by atoms with Crippen molar-refractivity contribution in [3.8, 4) is 0 Å². The number of carbonyl (C=O) groups excluding carboxylic acids is 4. The third kappa shape index (κ3) is 9.18. The first-order chi connectivity index (χ1) is 17.6. The zero-order valence-electron chi connectivity index (χ0n) is 21.1. The van der Waals surface area contributed by atoms with E-state index in [1.165, 1.54) is 17.6 Å². The second-order valence-electron chi connectivity index (χ2n) is 10.3. The molecule has 0 saturated heterocycles. The Labute approximate surface area is 217 Å². The zero-order valence-corrected chi connectivity index (χ0v) is 21.1. The molecule has 0 aliphatic heterocycles. The van der Waals surface area contributed by atoms with Crippen molar-refractivity contribution in [2.75, 3.05) is 0 Å². The Hall–Kier alpha value is -3.43. The summed E-state index contributed by atoms with van der Waals surface area (Å²) in [4.78, 5) is 59.1. The van der Waals surface area contributed by atoms with Crippen LogP contribution in [0.15, 0.2) is 35.5 Å². The minimum atomic E-state index is -1.16. The number of primary amides is 2. The van der Waals surface area contributed by atoms with Crippen LogP contribution in [-0.4, -0.2) is 46.8 Å². The van der Waals surface area contributed by atoms with E-state index in [4.69, 9.17) is 16.6 Å². The van der Waals surface area contributed by atoms with Gasteiger partial charge in [0, 0.05) is 19.3 Å². The fourth-order valence-electron chi connectivity index (χ4n) is 5.01. The summed E-state index contributed by atoms with van der Waals surface area (Å²) in [7, 11) is 0. The maximum atomic E-state index is 12.7. The van der Waals surface area contributed by atoms with Crippen LogP contribution in [0.25, 0.3) is 0 Å². The summed E-state index contributed by atoms with van der Waals surface area (Å²) in [6.07, 6.45) is 14.7. The average molecular weight is 515 g/mol. The summed E-state index contributed by atoms with van der Waals surface area (Å²) >= 11 is 0. The van der Waals surface area contributed by atoms with E-state index >= 15 is 0 Å². The summed E-state index contributed by atoms with van der Waals surface area (Å²) in [6, 6.07) is -2.30. The van der Waals surface area contributed by atoms with E-state index < -0.39 is 35.8 Å². The number of hydrogen-bond donors (Lipinski definition) is 5. The largest absolute Gasteiger partial charge is 0.481 e. The molecule has 3 rings (SSSR count). The van der Waals surface area contributed by atoms with Crippen LogP contribution >= 0.6 is 0 Å². The summed E-state index contributed by atoms with van der Waals surface area (Å²) in [6.45, 7) is 0. The normalized spacial score (nSPS) is 23.8. The smallest absolute Gasteiger partial charge is 0.303 e. The van der Waals surface area contributed by atoms with Crippen LogP contribution in [0, 0.1) is 17.8 Å². The number of nitrogens with one attached hydrogen (secondary N) is 2. The van der Waals surface area contributed by atoms with Crippen LogP contribution in [0.5, 0.6) is 0 Å². The zero-order chi connectivity index (χ0) is 26.9. The van der Waals surface area contributed by atoms with E-state index in [1.807, 2.05) is 0 Å². The fraction of sp³-hybridized carbons (Fsp3) is 0.593. The molecule has 5 unspecified atom stereocenters. The number of carbonyl (C=O) groups is 5. The molecule has 202 valence electrons. The van der Waals surface area contributed by atoms with Crippen LogP contribution in [-0.2, 0) is 24.0 Å². The number of allylic oxidation sites excluding steroid dienone is 6. The highest BCUT2D eigenvalue weighted by Crippen LogP contribution is 2.46. The molecule has 7 N–H and O–H groups in total. The van der Waals surface area contributed by atoms with Gasteiger partial charge in [-0.3, -0.25) is 24.0 Å². The number of hydrogen-bond acceptors (Lipinski definition) is 5. The van der Waals surface area contributed by atoms with E-state index in [9.17, 15) is 24.0 Å². The molecule has 5 atom stereocenters. The van der Waals surface area contributed by atoms with Gasteiger partial charge in [-0.25, -0.2) is 0 Å². The summed E-state index contributed by atoms with van der Waals surface area (Å²) < 4.78 is 0. The number of carboxylic acid groups (broad SMARTS) is 1. The van der Waals surface area contributed by atoms with Gasteiger partial charge in [-0.15, -0.1) is 0 Å². The predicted octanol–water partition coefficient (Wildman–Crippen LogP) is 1.60. The van der Waals surface area contributed by atoms with Crippen molar-refractivity contribution in [1.29, 1.82) is 0 Å². The molecule has 1 saturated carbocycles. The lowest BCUT2D eigenvalue weighted by molar-refractivity contribution is -0.138. The number of nitrogens with two attached hydrogens (primary N) is 2. The van der Waals surface area contributed by atoms with E-state index in [-0.39, 0.29) is 38.0 Å². The first-order valence-electron chi connectivity index (χ1n) is 13.1. The van der Waals surface area contributed by atoms with Gasteiger partial charge in [0.05, 0.1) is 0 Å². The van der Waals surface area contributed by atoms with E-state index in [0.29, 0.717) is 12.3 Å². The minimum absolute atomic E-state index is 0.0822. The van der Waals surface area contributed by atoms with Crippen molar-refractivity contribution in [2.24, 2.45) is 29.2 Å². The number of rotatable bonds is 14. The predicted molar refractivity (Wildman–Crippen MR) is 136 cm³/mol. The van der Waals surface area contributed by atoms with Gasteiger partial charge in [0.2, 0.25) is 23.6 Å². The van der Waals surface area contributed by atoms with Crippen LogP contribution in [0.1, 0.15) is 70.6 Å². The Bertz CT molecular complexity index is 1000. The average Bonchev–Trinajstić information content (AvgIpc) is 3.61. The lowest BCUT2D eigenvalue weighted by Crippen LogP contribution is -2.53. The molecule has 0 heterocycles. The van der Waals surface area contributed by atoms with Gasteiger partial charge in [-0.05, 0) is 80.3 Å². The number of aliphatic carboxylic acids is 1. The van der Waals surface area contributed by atoms with Crippen molar-refractivity contribution in [2.45, 2.75) is 82.7 Å². The molecule has 3 aliphatic rings. The van der Waals surface area contributed by atoms with Crippen molar-refractivity contribution >= 4 is 29.6 Å². The van der Waals surface area contributed by atoms with Crippen molar-refractivity contribution in [1.82, 2.24) is 10.6 Å². The Morgan fingerprint density at radius 2 is 1.76 bits per heavy atom. The molecule has 4 amide bonds. The van der Waals surface area contributed by atoms with Crippen molar-refractivity contribution in [3.63, 3.8) is 0 Å². The van der Waals surface area contributed by atoms with Gasteiger partial charge >= 0.3 is 5.97 Å². The van der Waals surface area contributed by atoms with Gasteiger partial charge in [-0.1, -0.05) is 24.3 Å². The van der Waals surface area contributed by atoms with Gasteiger partial charge in [0.15, 0.2) is 0 Å². The molecular weight excluding hydrogens is 476 g/mol. The summed E-state index contributed by atoms with van der Waals surface area (Å²) in [5.41, 5.74) is 13.1. The van der Waals surface area contributed by atoms with Crippen LogP contribution in [0.3, 0.4) is 0 Å². The van der Waals surface area contributed by atoms with E-state index in [2.05, 4.69) is 34.9 Å². The summed E-state index contributed by atoms with van der Waals surface area (Å²) in [5, 5.41) is 14.0. The van der Waals surface area contributed by atoms with E-state index in [0.717, 1.165) is 37.5 Å². The highest BCUT2D eigenvalue weighted by molar-refractivity contribution is 5.92. The second-order valence-corrected chi connectivity index (χ2v) is 10.3. The molecular formula is C27H38N4O6. The lowest BCUT2D eigenvalue weighted by atomic mass is 9.83. The fourth-order valence-corrected chi connectivity index (χ4v) is 5.01. The first-order valence-corrected chi connectivity index (χ1v) is 13.1. The third-order valence-electron chi connectivity index (χ3n) is 7.42. The Morgan fingerprint density at radius 1 is 1.00 bits per heavy atom. The second kappa shape index (κ2) is 13.2. The maximum Gasteiger partial charge on any atom is 0.303 e. The van der Waals surface area contributed by atoms with Crippen LogP contribution in [0.4, 0.5) is 0 Å². The van der Waals surface area contributed by atoms with Crippen LogP contribution in [0.2, 0.25) is 0 Å². The van der Waals surface area contributed by atoms with Gasteiger partial charge in [-0.2, -0.15) is 0 Å². The summed E-state index contributed by atoms with van der Waals surface area (Å²) in [5.74, 6) is -1.80. The highest BCUT2D eigenvalue weighted by Gasteiger charge is 2.35. The molecule has 0 aromatic heterocycles. The molecule has 1 fully saturated rings. The maximum absolute atomic E-state index is 12.7. The van der Waals surface area contributed by atoms with Crippen molar-refractivity contribution in [3.05, 3.63) is 35.5 Å². The molecule has 37 heavy (non-hydrogen) atoms. The van der Waals surface area contributed by atoms with Crippen molar-refractivity contribution < 1.29 is 29.1 Å². The molecule has 10 heteroatoms. The molecule has 0 radical (unpaired) electrons. The highest BCUT2D eigenvalue weighted by atomic mass is 16.4. The minimum Gasteiger partial charge on any atom is -0.481 e. The molecule has 3 aliphatic carbocycles. The molecule has 0 aromatic carbocycles. The van der Waals surface area contributed by atoms with Gasteiger partial charge in [0.25, 0.3) is 0 Å². The molecule has 0 bridgehead atoms. The monoisotopic (exact) mass is 514 g/mol. The standard InChI is InChI=1S/C27H38N4O6/c28-23(32)11-9-21(26(29)36)31-27(37)22(10-13-25(34)35)30-24(33)12-6-16-4-7-17(8-5-16)18-2-1-3-19-15-20(19)14-18/h1-2,7,14,16,19-22H,3-6,8-13,15H2,(H2,28,32)(H2,29,36)(H,30,33)(H,31,37)(H,34,35). The topological polar surface area (TPSA) is 182 Å². The molecule has 0 aromatic rings. The Morgan fingerprint density at radius 3 is 2.41 bits per heavy atom. The molecule has 0 spiro atoms. The number of amides is 4. The Kier molecular flexibility index (Phi) is 10.0. The number of fused-ring (bicyclic) bond motifs is 1. The SMILES string of the molecule is NC(=O)CCC(NC(=O)C(CCC(=O)O)NC(=O)CCC1CC=C(C2=CC3CC3CC=C2)CC1)C(N)=O. The first kappa shape index (κ1) is 28.1.